The van der Waals surface area contributed by atoms with Crippen LogP contribution in [0.1, 0.15) is 13.8 Å². The molecule has 0 saturated carbocycles. The number of hydrogen-bond acceptors (Lipinski definition) is 8. The second-order valence-corrected chi connectivity index (χ2v) is 9.98. The molecule has 2 atom stereocenters. The molecule has 0 aromatic heterocycles. The summed E-state index contributed by atoms with van der Waals surface area (Å²) in [6, 6.07) is -1.93. The SMILES string of the molecule is CC(=O)N[C@H](CSSSSC[C@@H](NC(C)=O)C(=O)O)C(=O)O. The largest absolute Gasteiger partial charge is 0.480 e. The maximum atomic E-state index is 10.9. The molecule has 0 aliphatic carbocycles. The van der Waals surface area contributed by atoms with Gasteiger partial charge in [0.1, 0.15) is 12.1 Å². The third-order valence-electron chi connectivity index (χ3n) is 1.94. The molecule has 0 saturated heterocycles. The molecule has 0 unspecified atom stereocenters. The fourth-order valence-electron chi connectivity index (χ4n) is 1.07. The number of rotatable bonds is 11. The molecule has 0 aliphatic rings. The van der Waals surface area contributed by atoms with Crippen molar-refractivity contribution in [2.24, 2.45) is 0 Å². The van der Waals surface area contributed by atoms with Crippen LogP contribution in [0.25, 0.3) is 0 Å². The maximum absolute atomic E-state index is 10.9. The van der Waals surface area contributed by atoms with Gasteiger partial charge in [-0.05, 0) is 19.7 Å². The number of carboxylic acid groups (broad SMARTS) is 2. The Bertz CT molecular complexity index is 384. The monoisotopic (exact) mass is 388 g/mol. The number of hydrogen-bond donors (Lipinski definition) is 4. The number of aliphatic carboxylic acids is 2. The number of nitrogens with one attached hydrogen (secondary N) is 2. The van der Waals surface area contributed by atoms with Gasteiger partial charge in [0.05, 0.1) is 0 Å². The fraction of sp³-hybridized carbons (Fsp3) is 0.600. The van der Waals surface area contributed by atoms with Crippen molar-refractivity contribution < 1.29 is 29.4 Å². The normalized spacial score (nSPS) is 13.0. The first kappa shape index (κ1) is 21.3. The van der Waals surface area contributed by atoms with Crippen molar-refractivity contribution in [2.45, 2.75) is 25.9 Å². The predicted molar refractivity (Wildman–Crippen MR) is 90.6 cm³/mol. The predicted octanol–water partition coefficient (Wildman–Crippen LogP) is 0.843. The topological polar surface area (TPSA) is 133 Å². The lowest BCUT2D eigenvalue weighted by molar-refractivity contribution is -0.141. The van der Waals surface area contributed by atoms with Crippen molar-refractivity contribution in [2.75, 3.05) is 11.5 Å². The molecule has 0 aliphatic heterocycles. The van der Waals surface area contributed by atoms with Gasteiger partial charge in [-0.2, -0.15) is 0 Å². The molecule has 0 fully saturated rings. The molecule has 8 nitrogen and oxygen atoms in total. The van der Waals surface area contributed by atoms with Gasteiger partial charge >= 0.3 is 11.9 Å². The highest BCUT2D eigenvalue weighted by Crippen LogP contribution is 2.43. The first-order chi connectivity index (χ1) is 10.2. The minimum Gasteiger partial charge on any atom is -0.480 e. The van der Waals surface area contributed by atoms with Crippen molar-refractivity contribution in [1.82, 2.24) is 10.6 Å². The quantitative estimate of drug-likeness (QED) is 0.298. The molecule has 126 valence electrons. The first-order valence-corrected chi connectivity index (χ1v) is 11.0. The van der Waals surface area contributed by atoms with E-state index in [1.807, 2.05) is 0 Å². The van der Waals surface area contributed by atoms with Gasteiger partial charge in [0.25, 0.3) is 0 Å². The van der Waals surface area contributed by atoms with E-state index in [0.717, 1.165) is 0 Å². The molecule has 22 heavy (non-hydrogen) atoms. The lowest BCUT2D eigenvalue weighted by Gasteiger charge is -2.13. The van der Waals surface area contributed by atoms with E-state index in [4.69, 9.17) is 10.2 Å². The van der Waals surface area contributed by atoms with Gasteiger partial charge in [-0.15, -0.1) is 0 Å². The van der Waals surface area contributed by atoms with E-state index in [-0.39, 0.29) is 11.5 Å². The van der Waals surface area contributed by atoms with E-state index in [1.165, 1.54) is 55.1 Å². The van der Waals surface area contributed by atoms with Crippen LogP contribution >= 0.6 is 41.2 Å². The standard InChI is InChI=1S/C10H16N2O6S4/c1-5(13)11-7(9(15)16)3-19-21-22-20-4-8(10(17)18)12-6(2)14/h7-8H,3-4H2,1-2H3,(H,11,13)(H,12,14)(H,15,16)(H,17,18)/t7-,8-/m1/s1. The van der Waals surface area contributed by atoms with Gasteiger partial charge in [0.2, 0.25) is 11.8 Å². The number of amides is 2. The van der Waals surface area contributed by atoms with Crippen LogP contribution < -0.4 is 10.6 Å². The molecule has 0 spiro atoms. The van der Waals surface area contributed by atoms with Gasteiger partial charge < -0.3 is 20.8 Å². The van der Waals surface area contributed by atoms with Gasteiger partial charge in [-0.1, -0.05) is 21.6 Å². The Morgan fingerprint density at radius 2 is 1.14 bits per heavy atom. The Hall–Kier alpha value is -0.720. The first-order valence-electron chi connectivity index (χ1n) is 5.81. The van der Waals surface area contributed by atoms with Crippen molar-refractivity contribution in [3.63, 3.8) is 0 Å². The van der Waals surface area contributed by atoms with E-state index in [0.29, 0.717) is 0 Å². The van der Waals surface area contributed by atoms with Gasteiger partial charge in [0.15, 0.2) is 0 Å². The number of carbonyl (C=O) groups is 4. The van der Waals surface area contributed by atoms with Crippen LogP contribution in [0, 0.1) is 0 Å². The van der Waals surface area contributed by atoms with E-state index < -0.39 is 35.8 Å². The van der Waals surface area contributed by atoms with Crippen LogP contribution in [0.2, 0.25) is 0 Å². The van der Waals surface area contributed by atoms with Crippen molar-refractivity contribution >= 4 is 65.0 Å². The second-order valence-electron chi connectivity index (χ2n) is 3.89. The molecule has 0 heterocycles. The van der Waals surface area contributed by atoms with Gasteiger partial charge in [0, 0.05) is 25.4 Å². The van der Waals surface area contributed by atoms with Crippen LogP contribution in [-0.2, 0) is 19.2 Å². The summed E-state index contributed by atoms with van der Waals surface area (Å²) in [5.74, 6) is -2.70. The van der Waals surface area contributed by atoms with Crippen LogP contribution in [0.5, 0.6) is 0 Å². The Labute approximate surface area is 142 Å². The zero-order valence-corrected chi connectivity index (χ0v) is 15.0. The van der Waals surface area contributed by atoms with Crippen LogP contribution in [0.4, 0.5) is 0 Å². The summed E-state index contributed by atoms with van der Waals surface area (Å²) in [4.78, 5) is 43.4. The molecule has 0 rings (SSSR count). The molecule has 12 heteroatoms. The Morgan fingerprint density at radius 1 is 0.818 bits per heavy atom. The molecular formula is C10H16N2O6S4. The van der Waals surface area contributed by atoms with Crippen LogP contribution in [-0.4, -0.2) is 57.6 Å². The summed E-state index contributed by atoms with van der Waals surface area (Å²) < 4.78 is 0. The summed E-state index contributed by atoms with van der Waals surface area (Å²) in [6.07, 6.45) is 0. The molecule has 2 amide bonds. The summed E-state index contributed by atoms with van der Waals surface area (Å²) in [5.41, 5.74) is 0. The van der Waals surface area contributed by atoms with Gasteiger partial charge in [-0.3, -0.25) is 9.59 Å². The molecule has 0 aromatic rings. The summed E-state index contributed by atoms with van der Waals surface area (Å²) in [7, 11) is 5.02. The van der Waals surface area contributed by atoms with Crippen LogP contribution in [0.15, 0.2) is 0 Å². The summed E-state index contributed by atoms with van der Waals surface area (Å²) >= 11 is 0. The zero-order chi connectivity index (χ0) is 17.1. The van der Waals surface area contributed by atoms with Gasteiger partial charge in [-0.25, -0.2) is 9.59 Å². The average molecular weight is 389 g/mol. The highest BCUT2D eigenvalue weighted by Gasteiger charge is 2.20. The summed E-state index contributed by atoms with van der Waals surface area (Å²) in [5, 5.41) is 22.4. The van der Waals surface area contributed by atoms with Crippen molar-refractivity contribution in [3.05, 3.63) is 0 Å². The lowest BCUT2D eigenvalue weighted by Crippen LogP contribution is -2.41. The average Bonchev–Trinajstić information content (AvgIpc) is 2.38. The molecule has 0 bridgehead atoms. The minimum absolute atomic E-state index is 0.182. The molecule has 0 radical (unpaired) electrons. The Morgan fingerprint density at radius 3 is 1.36 bits per heavy atom. The third-order valence-corrected chi connectivity index (χ3v) is 8.42. The number of carboxylic acids is 2. The number of carbonyl (C=O) groups excluding carboxylic acids is 2. The van der Waals surface area contributed by atoms with E-state index in [1.54, 1.807) is 0 Å². The molecular weight excluding hydrogens is 372 g/mol. The maximum Gasteiger partial charge on any atom is 0.327 e. The molecule has 0 aromatic carbocycles. The third kappa shape index (κ3) is 10.9. The summed E-state index contributed by atoms with van der Waals surface area (Å²) in [6.45, 7) is 2.48. The minimum atomic E-state index is -1.11. The smallest absolute Gasteiger partial charge is 0.327 e. The van der Waals surface area contributed by atoms with Crippen LogP contribution in [0.3, 0.4) is 0 Å². The van der Waals surface area contributed by atoms with E-state index in [9.17, 15) is 19.2 Å². The molecule has 4 N–H and O–H groups in total. The highest BCUT2D eigenvalue weighted by atomic mass is 33.7. The Balaban J connectivity index is 3.91. The van der Waals surface area contributed by atoms with Crippen molar-refractivity contribution in [3.8, 4) is 0 Å². The zero-order valence-electron chi connectivity index (χ0n) is 11.7. The lowest BCUT2D eigenvalue weighted by atomic mass is 10.3. The van der Waals surface area contributed by atoms with E-state index >= 15 is 0 Å². The Kier molecular flexibility index (Phi) is 11.4. The van der Waals surface area contributed by atoms with Crippen molar-refractivity contribution in [1.29, 1.82) is 0 Å². The van der Waals surface area contributed by atoms with E-state index in [2.05, 4.69) is 10.6 Å². The second kappa shape index (κ2) is 11.8. The fourth-order valence-corrected chi connectivity index (χ4v) is 7.20. The highest BCUT2D eigenvalue weighted by molar-refractivity contribution is 9.26.